The van der Waals surface area contributed by atoms with Crippen LogP contribution in [0.15, 0.2) is 53.7 Å². The summed E-state index contributed by atoms with van der Waals surface area (Å²) in [7, 11) is 0. The topological polar surface area (TPSA) is 29.5 Å². The summed E-state index contributed by atoms with van der Waals surface area (Å²) < 4.78 is 99.9. The second kappa shape index (κ2) is 10.1. The standard InChI is InChI=1S/C27H26F7NO2/c1-3-21-23(8-9-24(21)36)35-13-22(16-4-6-20(28)7-5-16)25(14-35)37-15(2)17-10-18(26(29,30)31)12-19(11-17)27(32,33)34/h4-7,10-12,15,22,25H,3,8-9,13-14H2,1-2H3. The fraction of sp³-hybridized carbons (Fsp3) is 0.444. The van der Waals surface area contributed by atoms with E-state index < -0.39 is 41.5 Å². The number of alkyl halides is 6. The van der Waals surface area contributed by atoms with Crippen molar-refractivity contribution in [3.8, 4) is 0 Å². The lowest BCUT2D eigenvalue weighted by atomic mass is 9.95. The summed E-state index contributed by atoms with van der Waals surface area (Å²) in [6.07, 6.45) is -10.1. The van der Waals surface area contributed by atoms with Crippen molar-refractivity contribution in [3.63, 3.8) is 0 Å². The van der Waals surface area contributed by atoms with Gasteiger partial charge in [0.2, 0.25) is 0 Å². The summed E-state index contributed by atoms with van der Waals surface area (Å²) in [6, 6.07) is 7.19. The summed E-state index contributed by atoms with van der Waals surface area (Å²) in [6.45, 7) is 4.01. The van der Waals surface area contributed by atoms with E-state index in [-0.39, 0.29) is 23.3 Å². The van der Waals surface area contributed by atoms with Gasteiger partial charge in [0.25, 0.3) is 0 Å². The van der Waals surface area contributed by atoms with Crippen LogP contribution in [0.1, 0.15) is 67.4 Å². The lowest BCUT2D eigenvalue weighted by Crippen LogP contribution is -2.25. The molecule has 0 amide bonds. The maximum atomic E-state index is 13.6. The number of Topliss-reactive ketones (excluding diaryl/α,β-unsaturated/α-hetero) is 1. The zero-order valence-corrected chi connectivity index (χ0v) is 20.2. The van der Waals surface area contributed by atoms with Gasteiger partial charge in [-0.3, -0.25) is 4.79 Å². The quantitative estimate of drug-likeness (QED) is 0.365. The predicted molar refractivity (Wildman–Crippen MR) is 122 cm³/mol. The Morgan fingerprint density at radius 3 is 2.08 bits per heavy atom. The van der Waals surface area contributed by atoms with Crippen molar-refractivity contribution in [2.75, 3.05) is 13.1 Å². The van der Waals surface area contributed by atoms with E-state index in [0.29, 0.717) is 44.5 Å². The molecule has 1 saturated heterocycles. The number of hydrogen-bond acceptors (Lipinski definition) is 3. The number of carbonyl (C=O) groups is 1. The van der Waals surface area contributed by atoms with Gasteiger partial charge in [0.05, 0.1) is 23.3 Å². The summed E-state index contributed by atoms with van der Waals surface area (Å²) in [4.78, 5) is 14.3. The van der Waals surface area contributed by atoms with E-state index in [1.807, 2.05) is 11.8 Å². The van der Waals surface area contributed by atoms with E-state index in [1.165, 1.54) is 19.1 Å². The third kappa shape index (κ3) is 5.84. The van der Waals surface area contributed by atoms with E-state index in [1.54, 1.807) is 12.1 Å². The number of halogens is 7. The molecule has 4 rings (SSSR count). The first kappa shape index (κ1) is 27.2. The molecule has 10 heteroatoms. The van der Waals surface area contributed by atoms with Crippen LogP contribution in [-0.4, -0.2) is 29.9 Å². The molecule has 2 aromatic carbocycles. The Hall–Kier alpha value is -2.88. The van der Waals surface area contributed by atoms with E-state index in [2.05, 4.69) is 0 Å². The first-order valence-electron chi connectivity index (χ1n) is 12.0. The lowest BCUT2D eigenvalue weighted by molar-refractivity contribution is -0.143. The number of hydrogen-bond donors (Lipinski definition) is 0. The molecule has 0 spiro atoms. The summed E-state index contributed by atoms with van der Waals surface area (Å²) in [5.41, 5.74) is -0.723. The van der Waals surface area contributed by atoms with Gasteiger partial charge in [-0.15, -0.1) is 0 Å². The van der Waals surface area contributed by atoms with Crippen LogP contribution in [0.2, 0.25) is 0 Å². The molecule has 0 aromatic heterocycles. The fourth-order valence-electron chi connectivity index (χ4n) is 5.16. The first-order chi connectivity index (χ1) is 17.3. The monoisotopic (exact) mass is 529 g/mol. The molecule has 200 valence electrons. The van der Waals surface area contributed by atoms with Gasteiger partial charge in [0.1, 0.15) is 5.82 Å². The van der Waals surface area contributed by atoms with Crippen LogP contribution in [0.25, 0.3) is 0 Å². The second-order valence-electron chi connectivity index (χ2n) is 9.42. The fourth-order valence-corrected chi connectivity index (χ4v) is 5.16. The molecular formula is C27H26F7NO2. The van der Waals surface area contributed by atoms with E-state index in [9.17, 15) is 35.5 Å². The Morgan fingerprint density at radius 2 is 1.54 bits per heavy atom. The number of allylic oxidation sites excluding steroid dienone is 2. The minimum Gasteiger partial charge on any atom is -0.371 e. The van der Waals surface area contributed by atoms with Gasteiger partial charge in [0.15, 0.2) is 5.78 Å². The van der Waals surface area contributed by atoms with Crippen molar-refractivity contribution in [1.82, 2.24) is 4.90 Å². The number of rotatable bonds is 6. The minimum atomic E-state index is -4.96. The molecule has 2 aliphatic rings. The number of likely N-dealkylation sites (tertiary alicyclic amines) is 1. The van der Waals surface area contributed by atoms with Crippen LogP contribution in [0.3, 0.4) is 0 Å². The smallest absolute Gasteiger partial charge is 0.371 e. The number of ketones is 1. The number of ether oxygens (including phenoxy) is 1. The van der Waals surface area contributed by atoms with Crippen LogP contribution in [0.4, 0.5) is 30.7 Å². The first-order valence-corrected chi connectivity index (χ1v) is 12.0. The molecule has 1 fully saturated rings. The highest BCUT2D eigenvalue weighted by Gasteiger charge is 2.41. The van der Waals surface area contributed by atoms with Crippen LogP contribution in [-0.2, 0) is 21.9 Å². The molecule has 0 N–H and O–H groups in total. The van der Waals surface area contributed by atoms with Crippen molar-refractivity contribution in [3.05, 3.63) is 81.8 Å². The molecule has 2 aromatic rings. The summed E-state index contributed by atoms with van der Waals surface area (Å²) in [5, 5.41) is 0. The third-order valence-electron chi connectivity index (χ3n) is 7.03. The van der Waals surface area contributed by atoms with Gasteiger partial charge in [-0.05, 0) is 61.2 Å². The van der Waals surface area contributed by atoms with E-state index in [0.717, 1.165) is 16.8 Å². The highest BCUT2D eigenvalue weighted by Crippen LogP contribution is 2.41. The third-order valence-corrected chi connectivity index (χ3v) is 7.03. The maximum absolute atomic E-state index is 13.6. The van der Waals surface area contributed by atoms with Crippen LogP contribution >= 0.6 is 0 Å². The Kier molecular flexibility index (Phi) is 7.43. The molecule has 0 bridgehead atoms. The summed E-state index contributed by atoms with van der Waals surface area (Å²) in [5.74, 6) is -0.708. The minimum absolute atomic E-state index is 0.0669. The largest absolute Gasteiger partial charge is 0.416 e. The van der Waals surface area contributed by atoms with E-state index >= 15 is 0 Å². The van der Waals surface area contributed by atoms with Gasteiger partial charge in [-0.2, -0.15) is 26.3 Å². The molecule has 1 heterocycles. The highest BCUT2D eigenvalue weighted by molar-refractivity contribution is 5.98. The molecule has 0 saturated carbocycles. The van der Waals surface area contributed by atoms with Crippen molar-refractivity contribution < 1.29 is 40.3 Å². The van der Waals surface area contributed by atoms with Crippen molar-refractivity contribution >= 4 is 5.78 Å². The molecule has 3 atom stereocenters. The number of carbonyl (C=O) groups excluding carboxylic acids is 1. The number of nitrogens with zero attached hydrogens (tertiary/aromatic N) is 1. The molecule has 0 radical (unpaired) electrons. The second-order valence-corrected chi connectivity index (χ2v) is 9.42. The number of benzene rings is 2. The molecule has 37 heavy (non-hydrogen) atoms. The van der Waals surface area contributed by atoms with Crippen molar-refractivity contribution in [1.29, 1.82) is 0 Å². The Labute approximate surface area is 209 Å². The Morgan fingerprint density at radius 1 is 0.946 bits per heavy atom. The highest BCUT2D eigenvalue weighted by atomic mass is 19.4. The van der Waals surface area contributed by atoms with Crippen molar-refractivity contribution in [2.24, 2.45) is 0 Å². The maximum Gasteiger partial charge on any atom is 0.416 e. The molecule has 3 nitrogen and oxygen atoms in total. The van der Waals surface area contributed by atoms with Crippen LogP contribution < -0.4 is 0 Å². The summed E-state index contributed by atoms with van der Waals surface area (Å²) >= 11 is 0. The van der Waals surface area contributed by atoms with Gasteiger partial charge in [-0.1, -0.05) is 19.1 Å². The Balaban J connectivity index is 1.67. The molecule has 1 aliphatic heterocycles. The van der Waals surface area contributed by atoms with Crippen molar-refractivity contribution in [2.45, 2.75) is 63.6 Å². The van der Waals surface area contributed by atoms with Gasteiger partial charge < -0.3 is 9.64 Å². The SMILES string of the molecule is CCC1=C(N2CC(OC(C)c3cc(C(F)(F)F)cc(C(F)(F)F)c3)C(c3ccc(F)cc3)C2)CCC1=O. The molecular weight excluding hydrogens is 503 g/mol. The predicted octanol–water partition coefficient (Wildman–Crippen LogP) is 7.44. The Bertz CT molecular complexity index is 1150. The lowest BCUT2D eigenvalue weighted by Gasteiger charge is -2.25. The normalized spacial score (nSPS) is 21.8. The average molecular weight is 529 g/mol. The molecule has 1 aliphatic carbocycles. The van der Waals surface area contributed by atoms with Gasteiger partial charge in [0, 0.05) is 36.7 Å². The molecule has 3 unspecified atom stereocenters. The van der Waals surface area contributed by atoms with Crippen LogP contribution in [0.5, 0.6) is 0 Å². The van der Waals surface area contributed by atoms with Gasteiger partial charge >= 0.3 is 12.4 Å². The van der Waals surface area contributed by atoms with Gasteiger partial charge in [-0.25, -0.2) is 4.39 Å². The zero-order chi connectivity index (χ0) is 27.1. The van der Waals surface area contributed by atoms with Crippen LogP contribution in [0, 0.1) is 5.82 Å². The zero-order valence-electron chi connectivity index (χ0n) is 20.2. The van der Waals surface area contributed by atoms with E-state index in [4.69, 9.17) is 4.74 Å². The average Bonchev–Trinajstić information content (AvgIpc) is 3.41.